The van der Waals surface area contributed by atoms with Crippen LogP contribution in [-0.2, 0) is 0 Å². The Hall–Kier alpha value is -2.12. The average molecular weight is 305 g/mol. The quantitative estimate of drug-likeness (QED) is 0.729. The predicted molar refractivity (Wildman–Crippen MR) is 103 cm³/mol. The third-order valence-electron chi connectivity index (χ3n) is 4.52. The van der Waals surface area contributed by atoms with Crippen LogP contribution in [0.25, 0.3) is 11.1 Å². The molecule has 0 aliphatic rings. The van der Waals surface area contributed by atoms with E-state index in [2.05, 4.69) is 88.1 Å². The third kappa shape index (κ3) is 4.00. The summed E-state index contributed by atoms with van der Waals surface area (Å²) < 4.78 is 0. The highest BCUT2D eigenvalue weighted by Crippen LogP contribution is 2.34. The van der Waals surface area contributed by atoms with Crippen LogP contribution in [0.5, 0.6) is 0 Å². The van der Waals surface area contributed by atoms with Crippen LogP contribution in [0.1, 0.15) is 36.1 Å². The van der Waals surface area contributed by atoms with E-state index in [4.69, 9.17) is 0 Å². The van der Waals surface area contributed by atoms with E-state index in [0.29, 0.717) is 6.04 Å². The third-order valence-corrected chi connectivity index (χ3v) is 4.52. The summed E-state index contributed by atoms with van der Waals surface area (Å²) >= 11 is 0. The van der Waals surface area contributed by atoms with Crippen molar-refractivity contribution >= 4 is 11.1 Å². The lowest BCUT2D eigenvalue weighted by molar-refractivity contribution is 0.695. The van der Waals surface area contributed by atoms with Gasteiger partial charge in [-0.3, -0.25) is 0 Å². The van der Waals surface area contributed by atoms with Crippen LogP contribution in [0.3, 0.4) is 0 Å². The number of aryl methyl sites for hydroxylation is 2. The molecular weight excluding hydrogens is 278 g/mol. The summed E-state index contributed by atoms with van der Waals surface area (Å²) in [5.41, 5.74) is 8.55. The molecule has 1 N–H and O–H groups in total. The minimum atomic E-state index is 0.300. The van der Waals surface area contributed by atoms with Crippen LogP contribution in [-0.4, -0.2) is 13.1 Å². The van der Waals surface area contributed by atoms with Crippen molar-refractivity contribution < 1.29 is 0 Å². The normalized spacial score (nSPS) is 13.4. The van der Waals surface area contributed by atoms with Gasteiger partial charge in [-0.15, -0.1) is 0 Å². The van der Waals surface area contributed by atoms with Crippen molar-refractivity contribution in [2.24, 2.45) is 0 Å². The first-order chi connectivity index (χ1) is 10.9. The van der Waals surface area contributed by atoms with E-state index in [1.807, 2.05) is 7.05 Å². The van der Waals surface area contributed by atoms with Gasteiger partial charge in [-0.2, -0.15) is 0 Å². The zero-order chi connectivity index (χ0) is 17.0. The molecule has 1 heteroatoms. The van der Waals surface area contributed by atoms with E-state index >= 15 is 0 Å². The summed E-state index contributed by atoms with van der Waals surface area (Å²) in [6, 6.07) is 17.6. The maximum absolute atomic E-state index is 4.41. The molecule has 0 fully saturated rings. The second-order valence-corrected chi connectivity index (χ2v) is 6.28. The molecule has 1 nitrogen and oxygen atoms in total. The fourth-order valence-electron chi connectivity index (χ4n) is 2.69. The van der Waals surface area contributed by atoms with E-state index in [9.17, 15) is 0 Å². The lowest BCUT2D eigenvalue weighted by Crippen LogP contribution is -2.23. The first kappa shape index (κ1) is 17.2. The van der Waals surface area contributed by atoms with Gasteiger partial charge in [0.25, 0.3) is 0 Å². The fraction of sp³-hybridized carbons (Fsp3) is 0.273. The summed E-state index contributed by atoms with van der Waals surface area (Å²) in [5.74, 6) is 0. The largest absolute Gasteiger partial charge is 0.314 e. The van der Waals surface area contributed by atoms with E-state index < -0.39 is 0 Å². The fourth-order valence-corrected chi connectivity index (χ4v) is 2.69. The highest BCUT2D eigenvalue weighted by Gasteiger charge is 2.15. The minimum absolute atomic E-state index is 0.300. The summed E-state index contributed by atoms with van der Waals surface area (Å²) in [4.78, 5) is 0. The second-order valence-electron chi connectivity index (χ2n) is 6.28. The number of likely N-dealkylation sites (N-methyl/N-ethyl adjacent to an activating group) is 1. The Morgan fingerprint density at radius 3 is 1.74 bits per heavy atom. The van der Waals surface area contributed by atoms with Crippen LogP contribution in [0, 0.1) is 13.8 Å². The van der Waals surface area contributed by atoms with Crippen molar-refractivity contribution in [1.82, 2.24) is 5.32 Å². The number of nitrogens with one attached hydrogen (secondary N) is 1. The van der Waals surface area contributed by atoms with Crippen molar-refractivity contribution in [3.63, 3.8) is 0 Å². The molecule has 0 saturated carbocycles. The molecule has 0 amide bonds. The molecule has 1 atom stereocenters. The van der Waals surface area contributed by atoms with Crippen LogP contribution in [0.2, 0.25) is 0 Å². The minimum Gasteiger partial charge on any atom is -0.314 e. The molecule has 2 aromatic carbocycles. The molecule has 0 heterocycles. The smallest absolute Gasteiger partial charge is 0.0254 e. The monoisotopic (exact) mass is 305 g/mol. The summed E-state index contributed by atoms with van der Waals surface area (Å²) in [5, 5.41) is 3.34. The van der Waals surface area contributed by atoms with Crippen molar-refractivity contribution in [2.75, 3.05) is 7.05 Å². The molecule has 2 rings (SSSR count). The van der Waals surface area contributed by atoms with Gasteiger partial charge in [0.2, 0.25) is 0 Å². The Kier molecular flexibility index (Phi) is 5.57. The molecule has 1 unspecified atom stereocenters. The molecule has 0 aromatic heterocycles. The van der Waals surface area contributed by atoms with Gasteiger partial charge in [-0.05, 0) is 62.6 Å². The Morgan fingerprint density at radius 1 is 0.870 bits per heavy atom. The van der Waals surface area contributed by atoms with Crippen LogP contribution in [0.15, 0.2) is 60.7 Å². The zero-order valence-corrected chi connectivity index (χ0v) is 14.9. The van der Waals surface area contributed by atoms with Crippen molar-refractivity contribution in [3.05, 3.63) is 82.9 Å². The average Bonchev–Trinajstić information content (AvgIpc) is 2.56. The molecule has 0 aliphatic carbocycles. The van der Waals surface area contributed by atoms with E-state index in [0.717, 1.165) is 5.57 Å². The summed E-state index contributed by atoms with van der Waals surface area (Å²) in [7, 11) is 2.00. The maximum Gasteiger partial charge on any atom is 0.0254 e. The molecular formula is C22H27N. The number of hydrogen-bond acceptors (Lipinski definition) is 1. The number of benzene rings is 2. The first-order valence-electron chi connectivity index (χ1n) is 8.15. The molecule has 0 aliphatic heterocycles. The molecule has 2 aromatic rings. The predicted octanol–water partition coefficient (Wildman–Crippen LogP) is 5.40. The molecule has 0 saturated heterocycles. The Morgan fingerprint density at radius 2 is 1.30 bits per heavy atom. The highest BCUT2D eigenvalue weighted by atomic mass is 14.9. The van der Waals surface area contributed by atoms with Crippen LogP contribution >= 0.6 is 0 Å². The lowest BCUT2D eigenvalue weighted by atomic mass is 9.87. The van der Waals surface area contributed by atoms with Crippen molar-refractivity contribution in [2.45, 2.75) is 33.7 Å². The van der Waals surface area contributed by atoms with Crippen LogP contribution < -0.4 is 5.32 Å². The SMILES string of the molecule is C=C(/C(=C(/C)C(C)NC)c1ccc(C)cc1)c1ccc(C)cc1. The number of hydrogen-bond donors (Lipinski definition) is 1. The molecule has 0 bridgehead atoms. The lowest BCUT2D eigenvalue weighted by Gasteiger charge is -2.20. The van der Waals surface area contributed by atoms with Gasteiger partial charge in [-0.1, -0.05) is 66.2 Å². The maximum atomic E-state index is 4.41. The first-order valence-corrected chi connectivity index (χ1v) is 8.15. The van der Waals surface area contributed by atoms with Gasteiger partial charge < -0.3 is 5.32 Å². The number of allylic oxidation sites excluding steroid dienone is 2. The van der Waals surface area contributed by atoms with Crippen molar-refractivity contribution in [3.8, 4) is 0 Å². The molecule has 120 valence electrons. The van der Waals surface area contributed by atoms with Gasteiger partial charge in [0.1, 0.15) is 0 Å². The van der Waals surface area contributed by atoms with Gasteiger partial charge in [-0.25, -0.2) is 0 Å². The Bertz CT molecular complexity index is 703. The zero-order valence-electron chi connectivity index (χ0n) is 14.9. The summed E-state index contributed by atoms with van der Waals surface area (Å²) in [6.45, 7) is 13.0. The highest BCUT2D eigenvalue weighted by molar-refractivity contribution is 6.05. The summed E-state index contributed by atoms with van der Waals surface area (Å²) in [6.07, 6.45) is 0. The molecule has 23 heavy (non-hydrogen) atoms. The van der Waals surface area contributed by atoms with E-state index in [1.165, 1.54) is 33.4 Å². The van der Waals surface area contributed by atoms with Gasteiger partial charge in [0.15, 0.2) is 0 Å². The Labute approximate surface area is 140 Å². The van der Waals surface area contributed by atoms with Gasteiger partial charge in [0, 0.05) is 6.04 Å². The van der Waals surface area contributed by atoms with Crippen LogP contribution in [0.4, 0.5) is 0 Å². The standard InChI is InChI=1S/C22H27N/c1-15-7-11-20(12-8-15)18(4)22(17(3)19(5)23-6)21-13-9-16(2)10-14-21/h7-14,19,23H,4H2,1-3,5-6H3/b22-17+. The van der Waals surface area contributed by atoms with E-state index in [-0.39, 0.29) is 0 Å². The molecule has 0 spiro atoms. The van der Waals surface area contributed by atoms with Gasteiger partial charge in [0.05, 0.1) is 0 Å². The van der Waals surface area contributed by atoms with E-state index in [1.54, 1.807) is 0 Å². The topological polar surface area (TPSA) is 12.0 Å². The second kappa shape index (κ2) is 7.43. The van der Waals surface area contributed by atoms with Crippen molar-refractivity contribution in [1.29, 1.82) is 0 Å². The van der Waals surface area contributed by atoms with Gasteiger partial charge >= 0.3 is 0 Å². The molecule has 0 radical (unpaired) electrons. The number of rotatable bonds is 5. The Balaban J connectivity index is 2.55.